The van der Waals surface area contributed by atoms with Crippen molar-refractivity contribution >= 4 is 15.9 Å². The van der Waals surface area contributed by atoms with Crippen molar-refractivity contribution in [2.24, 2.45) is 11.8 Å². The minimum absolute atomic E-state index is 0.703. The van der Waals surface area contributed by atoms with Crippen LogP contribution >= 0.6 is 15.9 Å². The van der Waals surface area contributed by atoms with Crippen LogP contribution in [0.4, 0.5) is 0 Å². The molecule has 2 heteroatoms. The highest BCUT2D eigenvalue weighted by Crippen LogP contribution is 2.25. The second-order valence-electron chi connectivity index (χ2n) is 5.04. The second-order valence-corrected chi connectivity index (χ2v) is 6.48. The zero-order chi connectivity index (χ0) is 10.6. The van der Waals surface area contributed by atoms with Gasteiger partial charge in [0.2, 0.25) is 0 Å². The number of likely N-dealkylation sites (tertiary alicyclic amines) is 1. The number of halogens is 1. The van der Waals surface area contributed by atoms with Crippen molar-refractivity contribution in [3.8, 4) is 0 Å². The van der Waals surface area contributed by atoms with E-state index < -0.39 is 0 Å². The van der Waals surface area contributed by atoms with E-state index in [1.165, 1.54) is 38.9 Å². The van der Waals surface area contributed by atoms with E-state index in [2.05, 4.69) is 41.6 Å². The monoisotopic (exact) mass is 261 g/mol. The van der Waals surface area contributed by atoms with Gasteiger partial charge in [-0.05, 0) is 50.7 Å². The Balaban J connectivity index is 2.16. The van der Waals surface area contributed by atoms with Crippen molar-refractivity contribution in [2.45, 2.75) is 44.9 Å². The van der Waals surface area contributed by atoms with E-state index in [4.69, 9.17) is 0 Å². The maximum absolute atomic E-state index is 3.70. The Hall–Kier alpha value is 0.440. The molecule has 1 heterocycles. The van der Waals surface area contributed by atoms with E-state index in [1.54, 1.807) is 0 Å². The van der Waals surface area contributed by atoms with Crippen LogP contribution in [0, 0.1) is 11.8 Å². The van der Waals surface area contributed by atoms with Crippen LogP contribution in [-0.4, -0.2) is 29.4 Å². The molecule has 1 atom stereocenters. The van der Waals surface area contributed by atoms with Gasteiger partial charge in [-0.2, -0.15) is 0 Å². The molecule has 0 radical (unpaired) electrons. The normalized spacial score (nSPS) is 22.9. The molecular weight excluding hydrogens is 238 g/mol. The number of piperidine rings is 1. The molecule has 0 aliphatic carbocycles. The fourth-order valence-corrected chi connectivity index (χ4v) is 2.61. The Morgan fingerprint density at radius 1 is 1.21 bits per heavy atom. The summed E-state index contributed by atoms with van der Waals surface area (Å²) in [5.41, 5.74) is 0. The highest BCUT2D eigenvalue weighted by atomic mass is 79.9. The predicted molar refractivity (Wildman–Crippen MR) is 67.0 cm³/mol. The summed E-state index contributed by atoms with van der Waals surface area (Å²) in [4.78, 5) is 3.33. The van der Waals surface area contributed by atoms with Crippen LogP contribution in [0.5, 0.6) is 0 Å². The van der Waals surface area contributed by atoms with Gasteiger partial charge in [-0.25, -0.2) is 0 Å². The van der Waals surface area contributed by atoms with Crippen molar-refractivity contribution in [3.63, 3.8) is 0 Å². The standard InChI is InChI=1S/C12H24BrN/c1-10(2)4-7-14-8-5-12(6-9-14)11(3)13/h10-12H,4-9H2,1-3H3. The Morgan fingerprint density at radius 3 is 2.21 bits per heavy atom. The van der Waals surface area contributed by atoms with Gasteiger partial charge in [0.1, 0.15) is 0 Å². The molecule has 0 aromatic rings. The smallest absolute Gasteiger partial charge is 0.0146 e. The van der Waals surface area contributed by atoms with Crippen molar-refractivity contribution in [2.75, 3.05) is 19.6 Å². The van der Waals surface area contributed by atoms with E-state index >= 15 is 0 Å². The van der Waals surface area contributed by atoms with Crippen molar-refractivity contribution in [1.82, 2.24) is 4.90 Å². The minimum Gasteiger partial charge on any atom is -0.303 e. The Labute approximate surface area is 97.4 Å². The molecule has 0 aromatic carbocycles. The van der Waals surface area contributed by atoms with Crippen LogP contribution in [0.1, 0.15) is 40.0 Å². The molecule has 1 aliphatic heterocycles. The second kappa shape index (κ2) is 6.12. The first-order valence-corrected chi connectivity index (χ1v) is 6.87. The molecule has 1 fully saturated rings. The zero-order valence-corrected chi connectivity index (χ0v) is 11.4. The molecule has 0 amide bonds. The molecule has 0 saturated carbocycles. The molecule has 1 aliphatic rings. The van der Waals surface area contributed by atoms with Gasteiger partial charge in [-0.1, -0.05) is 36.7 Å². The molecule has 0 spiro atoms. The lowest BCUT2D eigenvalue weighted by Gasteiger charge is -2.33. The van der Waals surface area contributed by atoms with Crippen LogP contribution in [0.25, 0.3) is 0 Å². The summed E-state index contributed by atoms with van der Waals surface area (Å²) in [6, 6.07) is 0. The summed E-state index contributed by atoms with van der Waals surface area (Å²) in [7, 11) is 0. The Morgan fingerprint density at radius 2 is 1.79 bits per heavy atom. The van der Waals surface area contributed by atoms with Gasteiger partial charge in [-0.3, -0.25) is 0 Å². The summed E-state index contributed by atoms with van der Waals surface area (Å²) in [5, 5.41) is 0. The van der Waals surface area contributed by atoms with Crippen LogP contribution in [-0.2, 0) is 0 Å². The first kappa shape index (κ1) is 12.5. The number of hydrogen-bond acceptors (Lipinski definition) is 1. The maximum Gasteiger partial charge on any atom is 0.0146 e. The summed E-state index contributed by atoms with van der Waals surface area (Å²) in [6.07, 6.45) is 4.11. The van der Waals surface area contributed by atoms with Crippen LogP contribution in [0.3, 0.4) is 0 Å². The third kappa shape index (κ3) is 4.31. The third-order valence-electron chi connectivity index (χ3n) is 3.30. The molecule has 14 heavy (non-hydrogen) atoms. The Bertz CT molecular complexity index is 148. The van der Waals surface area contributed by atoms with Gasteiger partial charge < -0.3 is 4.90 Å². The number of rotatable bonds is 4. The molecule has 1 nitrogen and oxygen atoms in total. The molecule has 1 saturated heterocycles. The molecule has 0 N–H and O–H groups in total. The summed E-state index contributed by atoms with van der Waals surface area (Å²) in [6.45, 7) is 10.8. The van der Waals surface area contributed by atoms with E-state index in [1.807, 2.05) is 0 Å². The number of hydrogen-bond donors (Lipinski definition) is 0. The quantitative estimate of drug-likeness (QED) is 0.700. The average Bonchev–Trinajstić information content (AvgIpc) is 2.15. The van der Waals surface area contributed by atoms with E-state index in [0.717, 1.165) is 11.8 Å². The molecule has 0 bridgehead atoms. The predicted octanol–water partition coefficient (Wildman–Crippen LogP) is 3.53. The van der Waals surface area contributed by atoms with E-state index in [0.29, 0.717) is 4.83 Å². The zero-order valence-electron chi connectivity index (χ0n) is 9.80. The minimum atomic E-state index is 0.703. The van der Waals surface area contributed by atoms with Crippen LogP contribution in [0.15, 0.2) is 0 Å². The lowest BCUT2D eigenvalue weighted by atomic mass is 9.94. The van der Waals surface area contributed by atoms with Gasteiger partial charge in [0, 0.05) is 4.83 Å². The average molecular weight is 262 g/mol. The molecule has 1 rings (SSSR count). The lowest BCUT2D eigenvalue weighted by Crippen LogP contribution is -2.36. The van der Waals surface area contributed by atoms with Gasteiger partial charge in [0.25, 0.3) is 0 Å². The van der Waals surface area contributed by atoms with Crippen LogP contribution < -0.4 is 0 Å². The summed E-state index contributed by atoms with van der Waals surface area (Å²) in [5.74, 6) is 1.76. The lowest BCUT2D eigenvalue weighted by molar-refractivity contribution is 0.177. The fraction of sp³-hybridized carbons (Fsp3) is 1.00. The maximum atomic E-state index is 3.70. The van der Waals surface area contributed by atoms with Gasteiger partial charge in [0.15, 0.2) is 0 Å². The van der Waals surface area contributed by atoms with Crippen molar-refractivity contribution in [1.29, 1.82) is 0 Å². The molecule has 84 valence electrons. The molecule has 0 aromatic heterocycles. The first-order valence-electron chi connectivity index (χ1n) is 5.96. The van der Waals surface area contributed by atoms with E-state index in [-0.39, 0.29) is 0 Å². The largest absolute Gasteiger partial charge is 0.303 e. The Kier molecular flexibility index (Phi) is 5.47. The van der Waals surface area contributed by atoms with E-state index in [9.17, 15) is 0 Å². The number of nitrogens with zero attached hydrogens (tertiary/aromatic N) is 1. The van der Waals surface area contributed by atoms with Gasteiger partial charge in [-0.15, -0.1) is 0 Å². The fourth-order valence-electron chi connectivity index (χ4n) is 2.08. The summed E-state index contributed by atoms with van der Waals surface area (Å²) >= 11 is 3.70. The highest BCUT2D eigenvalue weighted by Gasteiger charge is 2.21. The third-order valence-corrected chi connectivity index (χ3v) is 4.05. The molecular formula is C12H24BrN. The van der Waals surface area contributed by atoms with Gasteiger partial charge in [0.05, 0.1) is 0 Å². The summed E-state index contributed by atoms with van der Waals surface area (Å²) < 4.78 is 0. The molecule has 1 unspecified atom stereocenters. The van der Waals surface area contributed by atoms with Crippen LogP contribution in [0.2, 0.25) is 0 Å². The topological polar surface area (TPSA) is 3.24 Å². The number of alkyl halides is 1. The van der Waals surface area contributed by atoms with Crippen molar-refractivity contribution < 1.29 is 0 Å². The van der Waals surface area contributed by atoms with Crippen molar-refractivity contribution in [3.05, 3.63) is 0 Å². The highest BCUT2D eigenvalue weighted by molar-refractivity contribution is 9.09. The SMILES string of the molecule is CC(C)CCN1CCC(C(C)Br)CC1. The first-order chi connectivity index (χ1) is 6.59. The van der Waals surface area contributed by atoms with Gasteiger partial charge >= 0.3 is 0 Å².